The molecule has 0 saturated heterocycles. The van der Waals surface area contributed by atoms with Crippen molar-refractivity contribution in [2.75, 3.05) is 11.9 Å². The van der Waals surface area contributed by atoms with Gasteiger partial charge in [-0.1, -0.05) is 29.8 Å². The van der Waals surface area contributed by atoms with E-state index in [0.717, 1.165) is 47.6 Å². The van der Waals surface area contributed by atoms with E-state index in [1.807, 2.05) is 43.3 Å². The normalized spacial score (nSPS) is 13.3. The molecule has 0 radical (unpaired) electrons. The third kappa shape index (κ3) is 4.58. The molecule has 30 heavy (non-hydrogen) atoms. The molecule has 0 unspecified atom stereocenters. The minimum atomic E-state index is -0.137. The predicted molar refractivity (Wildman–Crippen MR) is 125 cm³/mol. The number of carbonyl (C=O) groups excluding carboxylic acids is 1. The van der Waals surface area contributed by atoms with E-state index >= 15 is 0 Å². The van der Waals surface area contributed by atoms with Gasteiger partial charge in [0.2, 0.25) is 0 Å². The van der Waals surface area contributed by atoms with Crippen LogP contribution in [-0.2, 0) is 12.8 Å². The first-order valence-electron chi connectivity index (χ1n) is 10.1. The zero-order valence-electron chi connectivity index (χ0n) is 16.8. The molecule has 0 saturated carbocycles. The van der Waals surface area contributed by atoms with Crippen LogP contribution in [0.5, 0.6) is 5.75 Å². The highest BCUT2D eigenvalue weighted by Gasteiger charge is 2.25. The van der Waals surface area contributed by atoms with Gasteiger partial charge in [-0.05, 0) is 68.5 Å². The van der Waals surface area contributed by atoms with Gasteiger partial charge in [-0.3, -0.25) is 4.79 Å². The molecule has 1 amide bonds. The summed E-state index contributed by atoms with van der Waals surface area (Å²) in [5.41, 5.74) is 3.39. The molecule has 1 aliphatic carbocycles. The van der Waals surface area contributed by atoms with Crippen molar-refractivity contribution >= 4 is 45.7 Å². The fourth-order valence-electron chi connectivity index (χ4n) is 3.64. The van der Waals surface area contributed by atoms with E-state index in [1.165, 1.54) is 4.88 Å². The fourth-order valence-corrected chi connectivity index (χ4v) is 5.06. The molecule has 4 rings (SSSR count). The molecule has 1 aromatic heterocycles. The highest BCUT2D eigenvalue weighted by molar-refractivity contribution is 7.16. The maximum Gasteiger partial charge on any atom is 0.259 e. The van der Waals surface area contributed by atoms with E-state index in [-0.39, 0.29) is 5.91 Å². The minimum Gasteiger partial charge on any atom is -0.493 e. The number of nitrogens with zero attached hydrogens (tertiary/aromatic N) is 1. The van der Waals surface area contributed by atoms with Crippen molar-refractivity contribution < 1.29 is 9.53 Å². The highest BCUT2D eigenvalue weighted by atomic mass is 35.5. The van der Waals surface area contributed by atoms with Gasteiger partial charge in [0.05, 0.1) is 12.2 Å². The molecule has 0 bridgehead atoms. The van der Waals surface area contributed by atoms with Crippen LogP contribution in [0.25, 0.3) is 0 Å². The lowest BCUT2D eigenvalue weighted by atomic mass is 9.95. The molecule has 4 nitrogen and oxygen atoms in total. The summed E-state index contributed by atoms with van der Waals surface area (Å²) < 4.78 is 5.69. The SMILES string of the molecule is CCOc1ccccc1C=Nc1sc2c(c1C(=O)Nc1cccc(Cl)c1)CCCC2. The predicted octanol–water partition coefficient (Wildman–Crippen LogP) is 6.68. The largest absolute Gasteiger partial charge is 0.493 e. The zero-order valence-corrected chi connectivity index (χ0v) is 18.4. The summed E-state index contributed by atoms with van der Waals surface area (Å²) in [4.78, 5) is 19.2. The number of halogens is 1. The van der Waals surface area contributed by atoms with E-state index in [0.29, 0.717) is 22.9 Å². The average molecular weight is 439 g/mol. The van der Waals surface area contributed by atoms with Crippen molar-refractivity contribution in [2.45, 2.75) is 32.6 Å². The Balaban J connectivity index is 1.68. The summed E-state index contributed by atoms with van der Waals surface area (Å²) in [6.45, 7) is 2.55. The van der Waals surface area contributed by atoms with Crippen molar-refractivity contribution in [2.24, 2.45) is 4.99 Å². The van der Waals surface area contributed by atoms with Crippen molar-refractivity contribution in [3.05, 3.63) is 75.1 Å². The van der Waals surface area contributed by atoms with Crippen molar-refractivity contribution in [1.82, 2.24) is 0 Å². The van der Waals surface area contributed by atoms with Crippen LogP contribution >= 0.6 is 22.9 Å². The number of benzene rings is 2. The molecular weight excluding hydrogens is 416 g/mol. The monoisotopic (exact) mass is 438 g/mol. The number of aliphatic imine (C=N–C) groups is 1. The number of rotatable bonds is 6. The second-order valence-electron chi connectivity index (χ2n) is 7.08. The maximum atomic E-state index is 13.2. The van der Waals surface area contributed by atoms with E-state index in [1.54, 1.807) is 29.7 Å². The molecule has 0 atom stereocenters. The van der Waals surface area contributed by atoms with Crippen LogP contribution in [0, 0.1) is 0 Å². The summed E-state index contributed by atoms with van der Waals surface area (Å²) in [6, 6.07) is 15.0. The lowest BCUT2D eigenvalue weighted by molar-refractivity contribution is 0.102. The third-order valence-electron chi connectivity index (χ3n) is 5.00. The van der Waals surface area contributed by atoms with Crippen LogP contribution in [-0.4, -0.2) is 18.7 Å². The Morgan fingerprint density at radius 2 is 2.03 bits per heavy atom. The first-order chi connectivity index (χ1) is 14.7. The maximum absolute atomic E-state index is 13.2. The number of hydrogen-bond acceptors (Lipinski definition) is 4. The summed E-state index contributed by atoms with van der Waals surface area (Å²) in [6.07, 6.45) is 5.95. The molecule has 0 fully saturated rings. The second-order valence-corrected chi connectivity index (χ2v) is 8.60. The molecule has 1 N–H and O–H groups in total. The van der Waals surface area contributed by atoms with Gasteiger partial charge in [-0.15, -0.1) is 11.3 Å². The lowest BCUT2D eigenvalue weighted by Crippen LogP contribution is -2.14. The average Bonchev–Trinajstić information content (AvgIpc) is 3.12. The van der Waals surface area contributed by atoms with Gasteiger partial charge in [0.15, 0.2) is 0 Å². The van der Waals surface area contributed by atoms with E-state index in [2.05, 4.69) is 5.32 Å². The number of anilines is 1. The van der Waals surface area contributed by atoms with Gasteiger partial charge in [0, 0.05) is 27.4 Å². The van der Waals surface area contributed by atoms with Crippen LogP contribution < -0.4 is 10.1 Å². The number of hydrogen-bond donors (Lipinski definition) is 1. The molecule has 0 aliphatic heterocycles. The Labute approximate surface area is 185 Å². The minimum absolute atomic E-state index is 0.137. The van der Waals surface area contributed by atoms with E-state index in [4.69, 9.17) is 21.3 Å². The van der Waals surface area contributed by atoms with Crippen molar-refractivity contribution in [3.63, 3.8) is 0 Å². The molecule has 2 aromatic carbocycles. The lowest BCUT2D eigenvalue weighted by Gasteiger charge is -2.13. The van der Waals surface area contributed by atoms with Gasteiger partial charge in [-0.25, -0.2) is 4.99 Å². The Bertz CT molecular complexity index is 1090. The van der Waals surface area contributed by atoms with Crippen molar-refractivity contribution in [3.8, 4) is 5.75 Å². The number of carbonyl (C=O) groups is 1. The summed E-state index contributed by atoms with van der Waals surface area (Å²) in [5, 5.41) is 4.32. The molecule has 1 heterocycles. The first kappa shape index (κ1) is 20.6. The fraction of sp³-hybridized carbons (Fsp3) is 0.250. The Morgan fingerprint density at radius 3 is 2.87 bits per heavy atom. The van der Waals surface area contributed by atoms with E-state index < -0.39 is 0 Å². The van der Waals surface area contributed by atoms with Crippen LogP contribution in [0.1, 0.15) is 46.1 Å². The topological polar surface area (TPSA) is 50.7 Å². The van der Waals surface area contributed by atoms with Crippen molar-refractivity contribution in [1.29, 1.82) is 0 Å². The number of ether oxygens (including phenoxy) is 1. The van der Waals surface area contributed by atoms with Crippen LogP contribution in [0.15, 0.2) is 53.5 Å². The summed E-state index contributed by atoms with van der Waals surface area (Å²) in [5.74, 6) is 0.650. The zero-order chi connectivity index (χ0) is 20.9. The molecule has 1 aliphatic rings. The quantitative estimate of drug-likeness (QED) is 0.436. The summed E-state index contributed by atoms with van der Waals surface area (Å²) in [7, 11) is 0. The number of nitrogens with one attached hydrogen (secondary N) is 1. The van der Waals surface area contributed by atoms with Gasteiger partial charge in [0.1, 0.15) is 10.8 Å². The Morgan fingerprint density at radius 1 is 1.20 bits per heavy atom. The summed E-state index contributed by atoms with van der Waals surface area (Å²) >= 11 is 7.69. The van der Waals surface area contributed by atoms with Gasteiger partial charge in [-0.2, -0.15) is 0 Å². The number of aryl methyl sites for hydroxylation is 1. The number of thiophene rings is 1. The van der Waals surface area contributed by atoms with Gasteiger partial charge < -0.3 is 10.1 Å². The first-order valence-corrected chi connectivity index (χ1v) is 11.3. The molecular formula is C24H23ClN2O2S. The number of para-hydroxylation sites is 1. The third-order valence-corrected chi connectivity index (χ3v) is 6.44. The Kier molecular flexibility index (Phi) is 6.50. The molecule has 3 aromatic rings. The van der Waals surface area contributed by atoms with E-state index in [9.17, 15) is 4.79 Å². The molecule has 6 heteroatoms. The smallest absolute Gasteiger partial charge is 0.259 e. The number of fused-ring (bicyclic) bond motifs is 1. The molecule has 0 spiro atoms. The standard InChI is InChI=1S/C24H23ClN2O2S/c1-2-29-20-12-5-3-8-16(20)15-26-24-22(19-11-4-6-13-21(19)30-24)23(28)27-18-10-7-9-17(25)14-18/h3,5,7-10,12,14-15H,2,4,6,11,13H2,1H3,(H,27,28). The number of amides is 1. The second kappa shape index (κ2) is 9.45. The van der Waals surface area contributed by atoms with Crippen LogP contribution in [0.3, 0.4) is 0 Å². The van der Waals surface area contributed by atoms with Crippen LogP contribution in [0.4, 0.5) is 10.7 Å². The van der Waals surface area contributed by atoms with Gasteiger partial charge in [0.25, 0.3) is 5.91 Å². The van der Waals surface area contributed by atoms with Gasteiger partial charge >= 0.3 is 0 Å². The highest BCUT2D eigenvalue weighted by Crippen LogP contribution is 2.40. The van der Waals surface area contributed by atoms with Crippen LogP contribution in [0.2, 0.25) is 5.02 Å². The Hall–Kier alpha value is -2.63. The molecule has 154 valence electrons.